The molecule has 1 aromatic rings. The highest BCUT2D eigenvalue weighted by Gasteiger charge is 2.27. The van der Waals surface area contributed by atoms with E-state index < -0.39 is 10.8 Å². The fourth-order valence-electron chi connectivity index (χ4n) is 2.41. The van der Waals surface area contributed by atoms with E-state index in [-0.39, 0.29) is 17.3 Å². The Balaban J connectivity index is 2.22. The van der Waals surface area contributed by atoms with Gasteiger partial charge in [-0.25, -0.2) is 0 Å². The van der Waals surface area contributed by atoms with E-state index in [1.807, 2.05) is 0 Å². The van der Waals surface area contributed by atoms with Crippen LogP contribution in [0.1, 0.15) is 23.7 Å². The third kappa shape index (κ3) is 3.49. The molecule has 1 heterocycles. The van der Waals surface area contributed by atoms with Gasteiger partial charge in [-0.1, -0.05) is 6.92 Å². The second kappa shape index (κ2) is 6.53. The fraction of sp³-hybridized carbons (Fsp3) is 0.500. The third-order valence-electron chi connectivity index (χ3n) is 3.79. The molecule has 7 nitrogen and oxygen atoms in total. The summed E-state index contributed by atoms with van der Waals surface area (Å²) in [7, 11) is 1.45. The molecule has 2 rings (SSSR count). The zero-order chi connectivity index (χ0) is 15.4. The minimum absolute atomic E-state index is 0.0251. The zero-order valence-electron chi connectivity index (χ0n) is 12.1. The molecule has 1 aromatic carbocycles. The molecule has 1 aliphatic rings. The lowest BCUT2D eigenvalue weighted by molar-refractivity contribution is -0.385. The Morgan fingerprint density at radius 2 is 2.29 bits per heavy atom. The minimum Gasteiger partial charge on any atom is -0.497 e. The van der Waals surface area contributed by atoms with Crippen molar-refractivity contribution in [3.63, 3.8) is 0 Å². The summed E-state index contributed by atoms with van der Waals surface area (Å²) in [6.07, 6.45) is 0.963. The van der Waals surface area contributed by atoms with Gasteiger partial charge in [-0.05, 0) is 31.0 Å². The van der Waals surface area contributed by atoms with Crippen LogP contribution in [0.4, 0.5) is 5.69 Å². The van der Waals surface area contributed by atoms with E-state index in [4.69, 9.17) is 4.74 Å². The first-order valence-corrected chi connectivity index (χ1v) is 6.87. The molecular formula is C14H19N3O4. The average Bonchev–Trinajstić information content (AvgIpc) is 2.48. The van der Waals surface area contributed by atoms with Gasteiger partial charge in [0.2, 0.25) is 0 Å². The van der Waals surface area contributed by atoms with E-state index in [1.165, 1.54) is 25.3 Å². The molecule has 1 fully saturated rings. The van der Waals surface area contributed by atoms with Crippen molar-refractivity contribution in [2.75, 3.05) is 20.2 Å². The molecule has 0 saturated carbocycles. The molecule has 2 N–H and O–H groups in total. The van der Waals surface area contributed by atoms with Crippen molar-refractivity contribution in [1.82, 2.24) is 10.6 Å². The molecule has 2 atom stereocenters. The molecule has 0 aromatic heterocycles. The van der Waals surface area contributed by atoms with Crippen molar-refractivity contribution >= 4 is 11.6 Å². The summed E-state index contributed by atoms with van der Waals surface area (Å²) in [4.78, 5) is 22.8. The number of nitro benzene ring substituents is 1. The van der Waals surface area contributed by atoms with Gasteiger partial charge in [0.1, 0.15) is 11.3 Å². The number of nitrogens with one attached hydrogen (secondary N) is 2. The van der Waals surface area contributed by atoms with E-state index in [9.17, 15) is 14.9 Å². The Labute approximate surface area is 122 Å². The summed E-state index contributed by atoms with van der Waals surface area (Å²) >= 11 is 0. The SMILES string of the molecule is COc1ccc([N+](=O)[O-])c(C(=O)NC2CNCCC2C)c1. The van der Waals surface area contributed by atoms with Gasteiger partial charge in [0.25, 0.3) is 11.6 Å². The van der Waals surface area contributed by atoms with E-state index in [0.29, 0.717) is 18.2 Å². The number of nitro groups is 1. The molecule has 21 heavy (non-hydrogen) atoms. The number of hydrogen-bond donors (Lipinski definition) is 2. The number of hydrogen-bond acceptors (Lipinski definition) is 5. The topological polar surface area (TPSA) is 93.5 Å². The first-order valence-electron chi connectivity index (χ1n) is 6.87. The van der Waals surface area contributed by atoms with Crippen LogP contribution in [-0.4, -0.2) is 37.1 Å². The van der Waals surface area contributed by atoms with E-state index in [0.717, 1.165) is 13.0 Å². The van der Waals surface area contributed by atoms with Crippen molar-refractivity contribution in [2.45, 2.75) is 19.4 Å². The molecule has 7 heteroatoms. The summed E-state index contributed by atoms with van der Waals surface area (Å²) < 4.78 is 5.04. The van der Waals surface area contributed by atoms with Crippen LogP contribution in [0.25, 0.3) is 0 Å². The van der Waals surface area contributed by atoms with Crippen LogP contribution in [-0.2, 0) is 0 Å². The molecule has 2 unspecified atom stereocenters. The van der Waals surface area contributed by atoms with Gasteiger partial charge < -0.3 is 15.4 Å². The summed E-state index contributed by atoms with van der Waals surface area (Å²) in [6, 6.07) is 4.13. The highest BCUT2D eigenvalue weighted by atomic mass is 16.6. The number of nitrogens with zero attached hydrogens (tertiary/aromatic N) is 1. The van der Waals surface area contributed by atoms with Crippen molar-refractivity contribution in [3.05, 3.63) is 33.9 Å². The van der Waals surface area contributed by atoms with Crippen molar-refractivity contribution in [3.8, 4) is 5.75 Å². The Morgan fingerprint density at radius 1 is 1.52 bits per heavy atom. The lowest BCUT2D eigenvalue weighted by Crippen LogP contribution is -2.50. The maximum absolute atomic E-state index is 12.4. The highest BCUT2D eigenvalue weighted by molar-refractivity contribution is 5.98. The number of piperidine rings is 1. The largest absolute Gasteiger partial charge is 0.497 e. The molecule has 114 valence electrons. The van der Waals surface area contributed by atoms with Crippen molar-refractivity contribution < 1.29 is 14.5 Å². The number of ether oxygens (including phenoxy) is 1. The monoisotopic (exact) mass is 293 g/mol. The van der Waals surface area contributed by atoms with Gasteiger partial charge >= 0.3 is 0 Å². The minimum atomic E-state index is -0.559. The third-order valence-corrected chi connectivity index (χ3v) is 3.79. The van der Waals surface area contributed by atoms with Gasteiger partial charge in [-0.15, -0.1) is 0 Å². The number of amides is 1. The van der Waals surface area contributed by atoms with Gasteiger partial charge in [-0.3, -0.25) is 14.9 Å². The van der Waals surface area contributed by atoms with Crippen molar-refractivity contribution in [2.24, 2.45) is 5.92 Å². The molecule has 1 saturated heterocycles. The normalized spacial score (nSPS) is 21.6. The van der Waals surface area contributed by atoms with Crippen LogP contribution in [0.3, 0.4) is 0 Å². The first kappa shape index (κ1) is 15.2. The molecule has 0 spiro atoms. The molecule has 1 amide bonds. The predicted molar refractivity (Wildman–Crippen MR) is 77.6 cm³/mol. The molecular weight excluding hydrogens is 274 g/mol. The first-order chi connectivity index (χ1) is 10.0. The van der Waals surface area contributed by atoms with Gasteiger partial charge in [0.05, 0.1) is 12.0 Å². The van der Waals surface area contributed by atoms with E-state index in [2.05, 4.69) is 17.6 Å². The number of carbonyl (C=O) groups excluding carboxylic acids is 1. The number of benzene rings is 1. The summed E-state index contributed by atoms with van der Waals surface area (Å²) in [5, 5.41) is 17.1. The standard InChI is InChI=1S/C14H19N3O4/c1-9-5-6-15-8-12(9)16-14(18)11-7-10(21-2)3-4-13(11)17(19)20/h3-4,7,9,12,15H,5-6,8H2,1-2H3,(H,16,18). The van der Waals surface area contributed by atoms with Crippen LogP contribution in [0.2, 0.25) is 0 Å². The Morgan fingerprint density at radius 3 is 2.90 bits per heavy atom. The predicted octanol–water partition coefficient (Wildman–Crippen LogP) is 1.33. The number of rotatable bonds is 4. The maximum Gasteiger partial charge on any atom is 0.282 e. The van der Waals surface area contributed by atoms with E-state index in [1.54, 1.807) is 0 Å². The van der Waals surface area contributed by atoms with Gasteiger partial charge in [0.15, 0.2) is 0 Å². The number of carbonyl (C=O) groups is 1. The summed E-state index contributed by atoms with van der Waals surface area (Å²) in [6.45, 7) is 3.66. The zero-order valence-corrected chi connectivity index (χ0v) is 12.1. The lowest BCUT2D eigenvalue weighted by Gasteiger charge is -2.30. The molecule has 0 radical (unpaired) electrons. The second-order valence-corrected chi connectivity index (χ2v) is 5.19. The summed E-state index contributed by atoms with van der Waals surface area (Å²) in [5.41, 5.74) is -0.193. The Bertz CT molecular complexity index is 547. The second-order valence-electron chi connectivity index (χ2n) is 5.19. The van der Waals surface area contributed by atoms with Gasteiger partial charge in [-0.2, -0.15) is 0 Å². The van der Waals surface area contributed by atoms with Crippen LogP contribution in [0, 0.1) is 16.0 Å². The van der Waals surface area contributed by atoms with E-state index >= 15 is 0 Å². The lowest BCUT2D eigenvalue weighted by atomic mass is 9.94. The van der Waals surface area contributed by atoms with Gasteiger partial charge in [0, 0.05) is 18.7 Å². The molecule has 1 aliphatic heterocycles. The molecule has 0 bridgehead atoms. The van der Waals surface area contributed by atoms with Crippen LogP contribution in [0.5, 0.6) is 5.75 Å². The summed E-state index contributed by atoms with van der Waals surface area (Å²) in [5.74, 6) is 0.307. The number of methoxy groups -OCH3 is 1. The molecule has 0 aliphatic carbocycles. The quantitative estimate of drug-likeness (QED) is 0.645. The maximum atomic E-state index is 12.4. The average molecular weight is 293 g/mol. The Hall–Kier alpha value is -2.15. The van der Waals surface area contributed by atoms with Crippen LogP contribution >= 0.6 is 0 Å². The highest BCUT2D eigenvalue weighted by Crippen LogP contribution is 2.24. The van der Waals surface area contributed by atoms with Crippen molar-refractivity contribution in [1.29, 1.82) is 0 Å². The van der Waals surface area contributed by atoms with Crippen LogP contribution < -0.4 is 15.4 Å². The fourth-order valence-corrected chi connectivity index (χ4v) is 2.41. The van der Waals surface area contributed by atoms with Crippen LogP contribution in [0.15, 0.2) is 18.2 Å². The Kier molecular flexibility index (Phi) is 4.74. The smallest absolute Gasteiger partial charge is 0.282 e.